The maximum atomic E-state index is 7.34. The SMILES string of the molecule is CCNN1CCSC1=N. The zero-order valence-corrected chi connectivity index (χ0v) is 6.29. The number of thioether (sulfide) groups is 1. The molecule has 2 N–H and O–H groups in total. The molecule has 0 aromatic rings. The van der Waals surface area contributed by atoms with Crippen molar-refractivity contribution in [2.24, 2.45) is 0 Å². The van der Waals surface area contributed by atoms with E-state index in [1.807, 2.05) is 11.9 Å². The maximum absolute atomic E-state index is 7.34. The summed E-state index contributed by atoms with van der Waals surface area (Å²) in [6.45, 7) is 3.91. The Morgan fingerprint density at radius 3 is 3.11 bits per heavy atom. The van der Waals surface area contributed by atoms with Crippen LogP contribution < -0.4 is 5.43 Å². The zero-order chi connectivity index (χ0) is 6.69. The van der Waals surface area contributed by atoms with Crippen LogP contribution in [0, 0.1) is 5.41 Å². The Bertz CT molecular complexity index is 115. The molecule has 9 heavy (non-hydrogen) atoms. The average molecular weight is 145 g/mol. The van der Waals surface area contributed by atoms with Crippen LogP contribution in [0.2, 0.25) is 0 Å². The number of hydrogen-bond donors (Lipinski definition) is 2. The first-order valence-electron chi connectivity index (χ1n) is 3.07. The van der Waals surface area contributed by atoms with E-state index in [1.165, 1.54) is 0 Å². The van der Waals surface area contributed by atoms with Crippen molar-refractivity contribution >= 4 is 16.9 Å². The highest BCUT2D eigenvalue weighted by molar-refractivity contribution is 8.14. The van der Waals surface area contributed by atoms with Gasteiger partial charge in [-0.25, -0.2) is 5.43 Å². The molecule has 0 bridgehead atoms. The Labute approximate surface area is 59.3 Å². The number of nitrogens with zero attached hydrogens (tertiary/aromatic N) is 1. The van der Waals surface area contributed by atoms with E-state index >= 15 is 0 Å². The molecule has 1 aliphatic heterocycles. The fraction of sp³-hybridized carbons (Fsp3) is 0.800. The predicted octanol–water partition coefficient (Wildman–Crippen LogP) is 0.494. The molecule has 1 rings (SSSR count). The molecular formula is C5H11N3S. The first kappa shape index (κ1) is 6.89. The fourth-order valence-corrected chi connectivity index (χ4v) is 1.53. The number of hydrazine groups is 1. The van der Waals surface area contributed by atoms with Crippen molar-refractivity contribution in [3.63, 3.8) is 0 Å². The maximum Gasteiger partial charge on any atom is 0.170 e. The van der Waals surface area contributed by atoms with Gasteiger partial charge in [-0.2, -0.15) is 0 Å². The number of hydrogen-bond acceptors (Lipinski definition) is 3. The molecule has 52 valence electrons. The molecule has 0 atom stereocenters. The molecular weight excluding hydrogens is 134 g/mol. The smallest absolute Gasteiger partial charge is 0.170 e. The van der Waals surface area contributed by atoms with Crippen LogP contribution in [0.5, 0.6) is 0 Å². The van der Waals surface area contributed by atoms with Crippen LogP contribution in [0.4, 0.5) is 0 Å². The molecule has 1 heterocycles. The van der Waals surface area contributed by atoms with Gasteiger partial charge in [-0.3, -0.25) is 10.4 Å². The van der Waals surface area contributed by atoms with E-state index < -0.39 is 0 Å². The Balaban J connectivity index is 2.31. The third-order valence-corrected chi connectivity index (χ3v) is 2.03. The van der Waals surface area contributed by atoms with Crippen molar-refractivity contribution in [2.75, 3.05) is 18.8 Å². The summed E-state index contributed by atoms with van der Waals surface area (Å²) in [5.74, 6) is 1.05. The fourth-order valence-electron chi connectivity index (χ4n) is 0.755. The van der Waals surface area contributed by atoms with Crippen molar-refractivity contribution in [1.29, 1.82) is 5.41 Å². The number of amidine groups is 1. The second kappa shape index (κ2) is 3.08. The second-order valence-electron chi connectivity index (χ2n) is 1.82. The quantitative estimate of drug-likeness (QED) is 0.594. The summed E-state index contributed by atoms with van der Waals surface area (Å²) in [6.07, 6.45) is 0. The minimum atomic E-state index is 0.650. The molecule has 0 spiro atoms. The van der Waals surface area contributed by atoms with Gasteiger partial charge in [-0.15, -0.1) is 0 Å². The summed E-state index contributed by atoms with van der Waals surface area (Å²) in [7, 11) is 0. The van der Waals surface area contributed by atoms with Gasteiger partial charge in [0.05, 0.1) is 0 Å². The predicted molar refractivity (Wildman–Crippen MR) is 40.6 cm³/mol. The zero-order valence-electron chi connectivity index (χ0n) is 5.48. The lowest BCUT2D eigenvalue weighted by Crippen LogP contribution is -2.37. The lowest BCUT2D eigenvalue weighted by atomic mass is 10.7. The summed E-state index contributed by atoms with van der Waals surface area (Å²) in [4.78, 5) is 0. The Hall–Kier alpha value is -0.220. The van der Waals surface area contributed by atoms with E-state index in [0.29, 0.717) is 5.17 Å². The Morgan fingerprint density at radius 2 is 2.67 bits per heavy atom. The van der Waals surface area contributed by atoms with Crippen molar-refractivity contribution in [3.8, 4) is 0 Å². The highest BCUT2D eigenvalue weighted by Gasteiger charge is 2.15. The van der Waals surface area contributed by atoms with Gasteiger partial charge in [0.15, 0.2) is 5.17 Å². The van der Waals surface area contributed by atoms with Crippen molar-refractivity contribution in [2.45, 2.75) is 6.92 Å². The number of nitrogens with one attached hydrogen (secondary N) is 2. The Kier molecular flexibility index (Phi) is 2.36. The van der Waals surface area contributed by atoms with Gasteiger partial charge in [0, 0.05) is 18.8 Å². The Morgan fingerprint density at radius 1 is 1.89 bits per heavy atom. The standard InChI is InChI=1S/C5H11N3S/c1-2-7-8-3-4-9-5(8)6/h6-7H,2-4H2,1H3. The minimum Gasteiger partial charge on any atom is -0.286 e. The monoisotopic (exact) mass is 145 g/mol. The van der Waals surface area contributed by atoms with E-state index in [0.717, 1.165) is 18.8 Å². The van der Waals surface area contributed by atoms with Gasteiger partial charge in [0.25, 0.3) is 0 Å². The molecule has 1 fully saturated rings. The van der Waals surface area contributed by atoms with Gasteiger partial charge in [0.2, 0.25) is 0 Å². The van der Waals surface area contributed by atoms with Crippen LogP contribution in [-0.2, 0) is 0 Å². The highest BCUT2D eigenvalue weighted by atomic mass is 32.2. The molecule has 0 saturated carbocycles. The van der Waals surface area contributed by atoms with Crippen LogP contribution >= 0.6 is 11.8 Å². The van der Waals surface area contributed by atoms with E-state index in [4.69, 9.17) is 5.41 Å². The summed E-state index contributed by atoms with van der Waals surface area (Å²) in [5, 5.41) is 9.87. The summed E-state index contributed by atoms with van der Waals surface area (Å²) >= 11 is 1.59. The lowest BCUT2D eigenvalue weighted by molar-refractivity contribution is 0.345. The molecule has 3 nitrogen and oxygen atoms in total. The molecule has 0 aliphatic carbocycles. The van der Waals surface area contributed by atoms with E-state index in [1.54, 1.807) is 11.8 Å². The third kappa shape index (κ3) is 1.59. The van der Waals surface area contributed by atoms with Gasteiger partial charge in [-0.1, -0.05) is 18.7 Å². The number of rotatable bonds is 2. The van der Waals surface area contributed by atoms with E-state index in [-0.39, 0.29) is 0 Å². The van der Waals surface area contributed by atoms with Crippen molar-refractivity contribution < 1.29 is 0 Å². The minimum absolute atomic E-state index is 0.650. The molecule has 0 amide bonds. The molecule has 1 aliphatic rings. The molecule has 4 heteroatoms. The van der Waals surface area contributed by atoms with Crippen molar-refractivity contribution in [1.82, 2.24) is 10.4 Å². The van der Waals surface area contributed by atoms with Gasteiger partial charge in [0.1, 0.15) is 0 Å². The lowest BCUT2D eigenvalue weighted by Gasteiger charge is -2.15. The normalized spacial score (nSPS) is 19.2. The van der Waals surface area contributed by atoms with E-state index in [9.17, 15) is 0 Å². The topological polar surface area (TPSA) is 39.1 Å². The summed E-state index contributed by atoms with van der Waals surface area (Å²) in [6, 6.07) is 0. The van der Waals surface area contributed by atoms with Crippen LogP contribution in [0.15, 0.2) is 0 Å². The van der Waals surface area contributed by atoms with Gasteiger partial charge in [-0.05, 0) is 0 Å². The first-order valence-corrected chi connectivity index (χ1v) is 4.05. The van der Waals surface area contributed by atoms with Crippen LogP contribution in [0.3, 0.4) is 0 Å². The van der Waals surface area contributed by atoms with Crippen LogP contribution in [0.25, 0.3) is 0 Å². The van der Waals surface area contributed by atoms with Crippen molar-refractivity contribution in [3.05, 3.63) is 0 Å². The van der Waals surface area contributed by atoms with Gasteiger partial charge >= 0.3 is 0 Å². The van der Waals surface area contributed by atoms with Gasteiger partial charge < -0.3 is 0 Å². The van der Waals surface area contributed by atoms with E-state index in [2.05, 4.69) is 5.43 Å². The molecule has 0 aromatic carbocycles. The molecule has 0 radical (unpaired) electrons. The third-order valence-electron chi connectivity index (χ3n) is 1.15. The van der Waals surface area contributed by atoms with Crippen LogP contribution in [0.1, 0.15) is 6.92 Å². The largest absolute Gasteiger partial charge is 0.286 e. The highest BCUT2D eigenvalue weighted by Crippen LogP contribution is 2.12. The molecule has 1 saturated heterocycles. The molecule has 0 unspecified atom stereocenters. The molecule has 0 aromatic heterocycles. The second-order valence-corrected chi connectivity index (χ2v) is 2.90. The average Bonchev–Trinajstić information content (AvgIpc) is 2.18. The summed E-state index contributed by atoms with van der Waals surface area (Å²) < 4.78 is 0. The first-order chi connectivity index (χ1) is 4.34. The summed E-state index contributed by atoms with van der Waals surface area (Å²) in [5.41, 5.74) is 3.08. The van der Waals surface area contributed by atoms with Crippen LogP contribution in [-0.4, -0.2) is 29.0 Å².